The largest absolute Gasteiger partial charge is 0.246 e. The summed E-state index contributed by atoms with van der Waals surface area (Å²) < 4.78 is 0. The molecule has 5 rings (SSSR count). The summed E-state index contributed by atoms with van der Waals surface area (Å²) in [5.74, 6) is 0. The van der Waals surface area contributed by atoms with Crippen molar-refractivity contribution in [3.63, 3.8) is 0 Å². The second-order valence-corrected chi connectivity index (χ2v) is 6.56. The van der Waals surface area contributed by atoms with Gasteiger partial charge in [0.05, 0.1) is 16.1 Å². The number of aromatic nitrogens is 1. The van der Waals surface area contributed by atoms with Crippen LogP contribution in [0.3, 0.4) is 0 Å². The number of fused-ring (bicyclic) bond motifs is 3. The standard InChI is InChI=1S/C23H14ClN.ClH/c24-22-17-11-5-4-10-16(17)14-19-21(15-8-2-1-3-9-15)18-12-6-7-13-20(18)25-23(19)22;/h1-14H;1H. The highest BCUT2D eigenvalue weighted by Gasteiger charge is 2.15. The summed E-state index contributed by atoms with van der Waals surface area (Å²) in [5, 5.41) is 5.13. The van der Waals surface area contributed by atoms with Crippen LogP contribution in [0.1, 0.15) is 0 Å². The first kappa shape index (κ1) is 16.8. The number of benzene rings is 4. The SMILES string of the molecule is Cl.Clc1c2ccccc2cc2c(-c3ccccc3)c3ccccc3nc12. The van der Waals surface area contributed by atoms with Gasteiger partial charge in [-0.1, -0.05) is 84.4 Å². The Balaban J connectivity index is 0.00000168. The van der Waals surface area contributed by atoms with Gasteiger partial charge in [-0.05, 0) is 23.1 Å². The summed E-state index contributed by atoms with van der Waals surface area (Å²) >= 11 is 6.77. The third-order valence-corrected chi connectivity index (χ3v) is 5.08. The molecule has 1 heterocycles. The Morgan fingerprint density at radius 3 is 2.12 bits per heavy atom. The highest BCUT2D eigenvalue weighted by Crippen LogP contribution is 2.40. The predicted octanol–water partition coefficient (Wildman–Crippen LogP) is 7.28. The van der Waals surface area contributed by atoms with E-state index < -0.39 is 0 Å². The Hall–Kier alpha value is -2.61. The summed E-state index contributed by atoms with van der Waals surface area (Å²) in [5.41, 5.74) is 4.19. The molecule has 5 aromatic rings. The van der Waals surface area contributed by atoms with Gasteiger partial charge < -0.3 is 0 Å². The number of para-hydroxylation sites is 1. The predicted molar refractivity (Wildman–Crippen MR) is 114 cm³/mol. The zero-order chi connectivity index (χ0) is 16.8. The minimum Gasteiger partial charge on any atom is -0.246 e. The number of hydrogen-bond donors (Lipinski definition) is 0. The molecular weight excluding hydrogens is 361 g/mol. The Bertz CT molecular complexity index is 1250. The first-order valence-corrected chi connectivity index (χ1v) is 8.66. The van der Waals surface area contributed by atoms with Crippen molar-refractivity contribution in [3.05, 3.63) is 90.0 Å². The molecule has 0 aliphatic carbocycles. The van der Waals surface area contributed by atoms with Crippen LogP contribution in [0, 0.1) is 0 Å². The lowest BCUT2D eigenvalue weighted by Crippen LogP contribution is -1.91. The quantitative estimate of drug-likeness (QED) is 0.280. The summed E-state index contributed by atoms with van der Waals surface area (Å²) in [6.45, 7) is 0. The molecular formula is C23H15Cl2N. The lowest BCUT2D eigenvalue weighted by atomic mass is 9.94. The molecule has 0 radical (unpaired) electrons. The van der Waals surface area contributed by atoms with E-state index >= 15 is 0 Å². The van der Waals surface area contributed by atoms with Crippen molar-refractivity contribution in [1.29, 1.82) is 0 Å². The zero-order valence-electron chi connectivity index (χ0n) is 13.8. The van der Waals surface area contributed by atoms with Crippen LogP contribution in [-0.2, 0) is 0 Å². The summed E-state index contributed by atoms with van der Waals surface area (Å²) in [6, 6.07) is 29.1. The van der Waals surface area contributed by atoms with Gasteiger partial charge in [0.2, 0.25) is 0 Å². The van der Waals surface area contributed by atoms with Crippen molar-refractivity contribution in [3.8, 4) is 11.1 Å². The van der Waals surface area contributed by atoms with Gasteiger partial charge in [0, 0.05) is 21.7 Å². The summed E-state index contributed by atoms with van der Waals surface area (Å²) in [7, 11) is 0. The van der Waals surface area contributed by atoms with Gasteiger partial charge in [0.15, 0.2) is 0 Å². The molecule has 0 fully saturated rings. The van der Waals surface area contributed by atoms with Crippen LogP contribution in [0.15, 0.2) is 84.9 Å². The maximum absolute atomic E-state index is 6.77. The van der Waals surface area contributed by atoms with Crippen molar-refractivity contribution in [1.82, 2.24) is 4.98 Å². The number of pyridine rings is 1. The van der Waals surface area contributed by atoms with Crippen molar-refractivity contribution >= 4 is 56.6 Å². The summed E-state index contributed by atoms with van der Waals surface area (Å²) in [4.78, 5) is 4.88. The topological polar surface area (TPSA) is 12.9 Å². The van der Waals surface area contributed by atoms with Crippen LogP contribution >= 0.6 is 24.0 Å². The molecule has 0 saturated carbocycles. The van der Waals surface area contributed by atoms with Gasteiger partial charge in [-0.3, -0.25) is 0 Å². The van der Waals surface area contributed by atoms with Gasteiger partial charge in [-0.25, -0.2) is 4.98 Å². The minimum absolute atomic E-state index is 0. The fourth-order valence-corrected chi connectivity index (χ4v) is 3.87. The average Bonchev–Trinajstić information content (AvgIpc) is 2.67. The van der Waals surface area contributed by atoms with E-state index in [1.165, 1.54) is 11.1 Å². The van der Waals surface area contributed by atoms with Crippen LogP contribution in [0.4, 0.5) is 0 Å². The normalized spacial score (nSPS) is 11.0. The van der Waals surface area contributed by atoms with Gasteiger partial charge >= 0.3 is 0 Å². The third-order valence-electron chi connectivity index (χ3n) is 4.70. The van der Waals surface area contributed by atoms with Gasteiger partial charge in [-0.2, -0.15) is 0 Å². The molecule has 4 aromatic carbocycles. The van der Waals surface area contributed by atoms with E-state index in [4.69, 9.17) is 16.6 Å². The van der Waals surface area contributed by atoms with E-state index in [0.717, 1.165) is 37.6 Å². The van der Waals surface area contributed by atoms with E-state index in [9.17, 15) is 0 Å². The van der Waals surface area contributed by atoms with Crippen molar-refractivity contribution in [2.75, 3.05) is 0 Å². The molecule has 0 spiro atoms. The molecule has 0 amide bonds. The monoisotopic (exact) mass is 375 g/mol. The van der Waals surface area contributed by atoms with Crippen LogP contribution in [-0.4, -0.2) is 4.98 Å². The van der Waals surface area contributed by atoms with Crippen LogP contribution in [0.25, 0.3) is 43.7 Å². The van der Waals surface area contributed by atoms with Crippen LogP contribution < -0.4 is 0 Å². The molecule has 3 heteroatoms. The fourth-order valence-electron chi connectivity index (χ4n) is 3.56. The number of nitrogens with zero attached hydrogens (tertiary/aromatic N) is 1. The van der Waals surface area contributed by atoms with Gasteiger partial charge in [0.1, 0.15) is 0 Å². The van der Waals surface area contributed by atoms with Gasteiger partial charge in [0.25, 0.3) is 0 Å². The van der Waals surface area contributed by atoms with Gasteiger partial charge in [-0.15, -0.1) is 12.4 Å². The van der Waals surface area contributed by atoms with E-state index in [1.54, 1.807) is 0 Å². The average molecular weight is 376 g/mol. The molecule has 0 bridgehead atoms. The lowest BCUT2D eigenvalue weighted by molar-refractivity contribution is 1.50. The van der Waals surface area contributed by atoms with E-state index in [0.29, 0.717) is 0 Å². The molecule has 0 aliphatic heterocycles. The number of halogens is 2. The second kappa shape index (κ2) is 6.60. The van der Waals surface area contributed by atoms with Crippen molar-refractivity contribution in [2.24, 2.45) is 0 Å². The summed E-state index contributed by atoms with van der Waals surface area (Å²) in [6.07, 6.45) is 0. The molecule has 0 unspecified atom stereocenters. The molecule has 0 atom stereocenters. The molecule has 1 aromatic heterocycles. The first-order valence-electron chi connectivity index (χ1n) is 8.28. The number of rotatable bonds is 1. The minimum atomic E-state index is 0. The Kier molecular flexibility index (Phi) is 4.28. The Morgan fingerprint density at radius 1 is 0.654 bits per heavy atom. The second-order valence-electron chi connectivity index (χ2n) is 6.18. The molecule has 1 nitrogen and oxygen atoms in total. The number of hydrogen-bond acceptors (Lipinski definition) is 1. The first-order chi connectivity index (χ1) is 12.3. The molecule has 0 aliphatic rings. The Labute approximate surface area is 162 Å². The maximum atomic E-state index is 6.77. The van der Waals surface area contributed by atoms with Crippen LogP contribution in [0.5, 0.6) is 0 Å². The third kappa shape index (κ3) is 2.52. The smallest absolute Gasteiger partial charge is 0.0908 e. The van der Waals surface area contributed by atoms with E-state index in [2.05, 4.69) is 54.6 Å². The highest BCUT2D eigenvalue weighted by atomic mass is 35.5. The van der Waals surface area contributed by atoms with E-state index in [-0.39, 0.29) is 12.4 Å². The highest BCUT2D eigenvalue weighted by molar-refractivity contribution is 6.41. The molecule has 126 valence electrons. The fraction of sp³-hybridized carbons (Fsp3) is 0. The van der Waals surface area contributed by atoms with Crippen molar-refractivity contribution < 1.29 is 0 Å². The molecule has 26 heavy (non-hydrogen) atoms. The van der Waals surface area contributed by atoms with Crippen molar-refractivity contribution in [2.45, 2.75) is 0 Å². The molecule has 0 saturated heterocycles. The lowest BCUT2D eigenvalue weighted by Gasteiger charge is -2.14. The van der Waals surface area contributed by atoms with E-state index in [1.807, 2.05) is 30.3 Å². The Morgan fingerprint density at radius 2 is 1.31 bits per heavy atom. The maximum Gasteiger partial charge on any atom is 0.0908 e. The zero-order valence-corrected chi connectivity index (χ0v) is 15.4. The molecule has 0 N–H and O–H groups in total. The van der Waals surface area contributed by atoms with Crippen LogP contribution in [0.2, 0.25) is 5.02 Å².